The first-order valence-corrected chi connectivity index (χ1v) is 7.82. The molecule has 1 atom stereocenters. The molecule has 1 saturated heterocycles. The van der Waals surface area contributed by atoms with Crippen LogP contribution in [0.15, 0.2) is 0 Å². The fourth-order valence-corrected chi connectivity index (χ4v) is 3.34. The Morgan fingerprint density at radius 2 is 1.94 bits per heavy atom. The first-order chi connectivity index (χ1) is 8.49. The summed E-state index contributed by atoms with van der Waals surface area (Å²) in [4.78, 5) is 0. The molecule has 1 aliphatic carbocycles. The summed E-state index contributed by atoms with van der Waals surface area (Å²) in [6.07, 6.45) is 9.93. The zero-order chi connectivity index (χ0) is 13.1. The van der Waals surface area contributed by atoms with Gasteiger partial charge in [-0.25, -0.2) is 0 Å². The van der Waals surface area contributed by atoms with Crippen molar-refractivity contribution in [1.82, 2.24) is 5.32 Å². The Bertz CT molecular complexity index is 244. The molecule has 2 nitrogen and oxygen atoms in total. The molecule has 0 aromatic heterocycles. The predicted octanol–water partition coefficient (Wildman–Crippen LogP) is 3.75. The maximum atomic E-state index is 5.70. The van der Waals surface area contributed by atoms with Gasteiger partial charge < -0.3 is 10.1 Å². The third-order valence-corrected chi connectivity index (χ3v) is 4.74. The van der Waals surface area contributed by atoms with Gasteiger partial charge in [-0.15, -0.1) is 0 Å². The van der Waals surface area contributed by atoms with E-state index in [-0.39, 0.29) is 5.54 Å². The summed E-state index contributed by atoms with van der Waals surface area (Å²) in [5.74, 6) is 1.01. The third-order valence-electron chi connectivity index (χ3n) is 4.74. The molecule has 1 unspecified atom stereocenters. The SMILES string of the molecule is CC(C)(C)NCC1(CCC2CCCC2)CCOC1. The molecule has 1 saturated carbocycles. The van der Waals surface area contributed by atoms with Crippen molar-refractivity contribution < 1.29 is 4.74 Å². The minimum atomic E-state index is 0.225. The molecule has 2 aliphatic rings. The van der Waals surface area contributed by atoms with E-state index in [1.807, 2.05) is 0 Å². The highest BCUT2D eigenvalue weighted by Gasteiger charge is 2.36. The van der Waals surface area contributed by atoms with Gasteiger partial charge in [0.25, 0.3) is 0 Å². The highest BCUT2D eigenvalue weighted by molar-refractivity contribution is 4.88. The molecule has 2 fully saturated rings. The van der Waals surface area contributed by atoms with Crippen molar-refractivity contribution in [1.29, 1.82) is 0 Å². The minimum Gasteiger partial charge on any atom is -0.381 e. The molecular formula is C16H31NO. The van der Waals surface area contributed by atoms with Crippen molar-refractivity contribution in [3.8, 4) is 0 Å². The largest absolute Gasteiger partial charge is 0.381 e. The summed E-state index contributed by atoms with van der Waals surface area (Å²) < 4.78 is 5.70. The van der Waals surface area contributed by atoms with Crippen molar-refractivity contribution in [2.45, 2.75) is 71.3 Å². The highest BCUT2D eigenvalue weighted by atomic mass is 16.5. The number of nitrogens with one attached hydrogen (secondary N) is 1. The first kappa shape index (κ1) is 14.3. The van der Waals surface area contributed by atoms with Crippen LogP contribution in [0.5, 0.6) is 0 Å². The van der Waals surface area contributed by atoms with Crippen molar-refractivity contribution in [3.63, 3.8) is 0 Å². The zero-order valence-corrected chi connectivity index (χ0v) is 12.6. The molecule has 0 spiro atoms. The van der Waals surface area contributed by atoms with Crippen molar-refractivity contribution in [2.75, 3.05) is 19.8 Å². The second-order valence-corrected chi connectivity index (χ2v) is 7.60. The Balaban J connectivity index is 1.81. The van der Waals surface area contributed by atoms with Crippen LogP contribution in [-0.4, -0.2) is 25.3 Å². The van der Waals surface area contributed by atoms with Gasteiger partial charge in [0, 0.05) is 24.1 Å². The van der Waals surface area contributed by atoms with E-state index in [2.05, 4.69) is 26.1 Å². The fraction of sp³-hybridized carbons (Fsp3) is 1.00. The molecule has 0 amide bonds. The van der Waals surface area contributed by atoms with Gasteiger partial charge in [0.1, 0.15) is 0 Å². The lowest BCUT2D eigenvalue weighted by molar-refractivity contribution is 0.132. The molecular weight excluding hydrogens is 222 g/mol. The maximum Gasteiger partial charge on any atom is 0.0535 e. The Kier molecular flexibility index (Phi) is 4.71. The van der Waals surface area contributed by atoms with Gasteiger partial charge in [-0.05, 0) is 46.0 Å². The molecule has 1 heterocycles. The predicted molar refractivity (Wildman–Crippen MR) is 76.8 cm³/mol. The zero-order valence-electron chi connectivity index (χ0n) is 12.6. The molecule has 0 aromatic rings. The van der Waals surface area contributed by atoms with Crippen LogP contribution in [0, 0.1) is 11.3 Å². The van der Waals surface area contributed by atoms with Crippen LogP contribution in [0.2, 0.25) is 0 Å². The summed E-state index contributed by atoms with van der Waals surface area (Å²) >= 11 is 0. The Labute approximate surface area is 113 Å². The number of hydrogen-bond acceptors (Lipinski definition) is 2. The van der Waals surface area contributed by atoms with E-state index in [1.165, 1.54) is 44.9 Å². The van der Waals surface area contributed by atoms with Crippen LogP contribution in [-0.2, 0) is 4.74 Å². The molecule has 0 aromatic carbocycles. The average molecular weight is 253 g/mol. The summed E-state index contributed by atoms with van der Waals surface area (Å²) in [5, 5.41) is 3.70. The Morgan fingerprint density at radius 1 is 1.22 bits per heavy atom. The number of ether oxygens (including phenoxy) is 1. The van der Waals surface area contributed by atoms with Gasteiger partial charge >= 0.3 is 0 Å². The van der Waals surface area contributed by atoms with Gasteiger partial charge in [0.15, 0.2) is 0 Å². The average Bonchev–Trinajstić information content (AvgIpc) is 2.96. The monoisotopic (exact) mass is 253 g/mol. The summed E-state index contributed by atoms with van der Waals surface area (Å²) in [6, 6.07) is 0. The van der Waals surface area contributed by atoms with E-state index >= 15 is 0 Å². The van der Waals surface area contributed by atoms with Gasteiger partial charge in [-0.1, -0.05) is 25.7 Å². The van der Waals surface area contributed by atoms with Crippen molar-refractivity contribution >= 4 is 0 Å². The van der Waals surface area contributed by atoms with Gasteiger partial charge in [-0.3, -0.25) is 0 Å². The second kappa shape index (κ2) is 5.92. The number of rotatable bonds is 5. The van der Waals surface area contributed by atoms with E-state index in [4.69, 9.17) is 4.74 Å². The van der Waals surface area contributed by atoms with E-state index in [0.717, 1.165) is 25.7 Å². The van der Waals surface area contributed by atoms with E-state index in [9.17, 15) is 0 Å². The topological polar surface area (TPSA) is 21.3 Å². The fourth-order valence-electron chi connectivity index (χ4n) is 3.34. The van der Waals surface area contributed by atoms with Gasteiger partial charge in [0.05, 0.1) is 6.61 Å². The van der Waals surface area contributed by atoms with Crippen molar-refractivity contribution in [3.05, 3.63) is 0 Å². The summed E-state index contributed by atoms with van der Waals surface area (Å²) in [7, 11) is 0. The molecule has 1 N–H and O–H groups in total. The van der Waals surface area contributed by atoms with Crippen molar-refractivity contribution in [2.24, 2.45) is 11.3 Å². The minimum absolute atomic E-state index is 0.225. The Morgan fingerprint density at radius 3 is 2.50 bits per heavy atom. The van der Waals surface area contributed by atoms with Gasteiger partial charge in [-0.2, -0.15) is 0 Å². The molecule has 1 aliphatic heterocycles. The number of hydrogen-bond donors (Lipinski definition) is 1. The van der Waals surface area contributed by atoms with Crippen LogP contribution in [0.4, 0.5) is 0 Å². The molecule has 0 radical (unpaired) electrons. The van der Waals surface area contributed by atoms with E-state index < -0.39 is 0 Å². The van der Waals surface area contributed by atoms with E-state index in [1.54, 1.807) is 0 Å². The Hall–Kier alpha value is -0.0800. The third kappa shape index (κ3) is 4.24. The highest BCUT2D eigenvalue weighted by Crippen LogP contribution is 2.38. The second-order valence-electron chi connectivity index (χ2n) is 7.60. The standard InChI is InChI=1S/C16H31NO/c1-15(2,3)17-12-16(10-11-18-13-16)9-8-14-6-4-5-7-14/h14,17H,4-13H2,1-3H3. The molecule has 2 rings (SSSR count). The lowest BCUT2D eigenvalue weighted by atomic mass is 9.79. The van der Waals surface area contributed by atoms with Crippen LogP contribution in [0.25, 0.3) is 0 Å². The maximum absolute atomic E-state index is 5.70. The summed E-state index contributed by atoms with van der Waals surface area (Å²) in [5.41, 5.74) is 0.652. The summed E-state index contributed by atoms with van der Waals surface area (Å²) in [6.45, 7) is 9.84. The van der Waals surface area contributed by atoms with Crippen LogP contribution >= 0.6 is 0 Å². The lowest BCUT2D eigenvalue weighted by Gasteiger charge is -2.33. The lowest BCUT2D eigenvalue weighted by Crippen LogP contribution is -2.44. The molecule has 0 bridgehead atoms. The van der Waals surface area contributed by atoms with Crippen LogP contribution < -0.4 is 5.32 Å². The van der Waals surface area contributed by atoms with E-state index in [0.29, 0.717) is 5.41 Å². The molecule has 2 heteroatoms. The van der Waals surface area contributed by atoms with Gasteiger partial charge in [0.2, 0.25) is 0 Å². The quantitative estimate of drug-likeness (QED) is 0.805. The molecule has 106 valence electrons. The molecule has 18 heavy (non-hydrogen) atoms. The smallest absolute Gasteiger partial charge is 0.0535 e. The normalized spacial score (nSPS) is 30.2. The first-order valence-electron chi connectivity index (χ1n) is 7.82. The van der Waals surface area contributed by atoms with Crippen LogP contribution in [0.3, 0.4) is 0 Å². The van der Waals surface area contributed by atoms with Crippen LogP contribution in [0.1, 0.15) is 65.7 Å².